The molecule has 0 saturated carbocycles. The fourth-order valence-corrected chi connectivity index (χ4v) is 3.84. The molecule has 0 atom stereocenters. The number of carbonyl (C=O) groups excluding carboxylic acids is 2. The number of carbonyl (C=O) groups is 2. The maximum Gasteiger partial charge on any atom is 0.416 e. The number of anilines is 1. The number of benzene rings is 2. The van der Waals surface area contributed by atoms with Crippen LogP contribution in [0.1, 0.15) is 31.8 Å². The number of nitrogens with two attached hydrogens (primary N) is 1. The van der Waals surface area contributed by atoms with Gasteiger partial charge in [-0.2, -0.15) is 26.3 Å². The molecule has 16 heteroatoms. The number of hydrogen-bond donors (Lipinski definition) is 1. The second-order valence-electron chi connectivity index (χ2n) is 8.67. The van der Waals surface area contributed by atoms with E-state index in [0.717, 1.165) is 18.2 Å². The fourth-order valence-electron chi connectivity index (χ4n) is 3.84. The number of nitro groups is 1. The summed E-state index contributed by atoms with van der Waals surface area (Å²) in [6.07, 6.45) is -9.28. The number of halogens is 6. The van der Waals surface area contributed by atoms with Crippen molar-refractivity contribution in [3.8, 4) is 0 Å². The van der Waals surface area contributed by atoms with Crippen molar-refractivity contribution in [3.05, 3.63) is 68.8 Å². The van der Waals surface area contributed by atoms with E-state index >= 15 is 0 Å². The number of rotatable bonds is 3. The number of non-ortho nitro benzene ring substituents is 1. The average molecular weight is 578 g/mol. The zero-order valence-corrected chi connectivity index (χ0v) is 20.8. The number of nitro benzene ring substituents is 1. The molecular weight excluding hydrogens is 554 g/mol. The minimum Gasteiger partial charge on any atom is -0.399 e. The highest BCUT2D eigenvalue weighted by Gasteiger charge is 2.34. The summed E-state index contributed by atoms with van der Waals surface area (Å²) in [4.78, 5) is 36.7. The summed E-state index contributed by atoms with van der Waals surface area (Å²) < 4.78 is 86.3. The minimum absolute atomic E-state index is 0.0470. The molecule has 0 aliphatic carbocycles. The smallest absolute Gasteiger partial charge is 0.399 e. The lowest BCUT2D eigenvalue weighted by atomic mass is 10.1. The minimum atomic E-state index is -4.76. The molecule has 2 aliphatic rings. The Bertz CT molecular complexity index is 1240. The van der Waals surface area contributed by atoms with Crippen molar-refractivity contribution in [2.75, 3.05) is 58.3 Å². The van der Waals surface area contributed by atoms with Crippen LogP contribution in [0.3, 0.4) is 0 Å². The molecule has 0 unspecified atom stereocenters. The molecule has 2 aromatic rings. The summed E-state index contributed by atoms with van der Waals surface area (Å²) in [5.41, 5.74) is 2.06. The standard InChI is InChI=1S/C12H11F3N2O4.C12H13F3N2O2/c13-12(14,15)9-5-8(6-10(7-9)17(19)20)11(18)16-1-3-21-4-2-16;13-12(14,15)9-5-8(6-10(16)7-9)11(18)17-1-3-19-4-2-17/h5-7H,1-4H2;5-7H,1-4,16H2. The number of hydrogen-bond acceptors (Lipinski definition) is 7. The van der Waals surface area contributed by atoms with Gasteiger partial charge in [0.15, 0.2) is 0 Å². The van der Waals surface area contributed by atoms with E-state index in [4.69, 9.17) is 15.2 Å². The molecule has 0 aromatic heterocycles. The third-order valence-corrected chi connectivity index (χ3v) is 5.83. The summed E-state index contributed by atoms with van der Waals surface area (Å²) in [7, 11) is 0. The van der Waals surface area contributed by atoms with Crippen molar-refractivity contribution in [1.29, 1.82) is 0 Å². The summed E-state index contributed by atoms with van der Waals surface area (Å²) in [6, 6.07) is 4.80. The zero-order chi connectivity index (χ0) is 29.7. The van der Waals surface area contributed by atoms with Crippen molar-refractivity contribution in [3.63, 3.8) is 0 Å². The molecule has 218 valence electrons. The van der Waals surface area contributed by atoms with Gasteiger partial charge in [-0.25, -0.2) is 0 Å². The first-order chi connectivity index (χ1) is 18.7. The van der Waals surface area contributed by atoms with Crippen LogP contribution in [0.5, 0.6) is 0 Å². The highest BCUT2D eigenvalue weighted by Crippen LogP contribution is 2.33. The molecule has 2 saturated heterocycles. The lowest BCUT2D eigenvalue weighted by Crippen LogP contribution is -2.40. The van der Waals surface area contributed by atoms with Gasteiger partial charge in [-0.1, -0.05) is 0 Å². The first-order valence-electron chi connectivity index (χ1n) is 11.8. The number of alkyl halides is 6. The molecule has 0 bridgehead atoms. The van der Waals surface area contributed by atoms with E-state index in [0.29, 0.717) is 38.4 Å². The molecule has 2 aliphatic heterocycles. The number of ether oxygens (including phenoxy) is 2. The summed E-state index contributed by atoms with van der Waals surface area (Å²) in [5.74, 6) is -1.13. The van der Waals surface area contributed by atoms with Gasteiger partial charge in [-0.05, 0) is 24.3 Å². The van der Waals surface area contributed by atoms with Gasteiger partial charge >= 0.3 is 12.4 Å². The Balaban J connectivity index is 0.000000222. The van der Waals surface area contributed by atoms with E-state index in [-0.39, 0.29) is 43.1 Å². The Morgan fingerprint density at radius 2 is 1.12 bits per heavy atom. The molecule has 10 nitrogen and oxygen atoms in total. The van der Waals surface area contributed by atoms with E-state index in [1.54, 1.807) is 0 Å². The Morgan fingerprint density at radius 1 is 0.725 bits per heavy atom. The number of amides is 2. The van der Waals surface area contributed by atoms with Crippen LogP contribution in [-0.2, 0) is 21.8 Å². The highest BCUT2D eigenvalue weighted by molar-refractivity contribution is 5.96. The third kappa shape index (κ3) is 8.05. The average Bonchev–Trinajstić information content (AvgIpc) is 2.92. The fraction of sp³-hybridized carbons (Fsp3) is 0.417. The maximum atomic E-state index is 12.7. The molecule has 40 heavy (non-hydrogen) atoms. The van der Waals surface area contributed by atoms with Gasteiger partial charge in [0.05, 0.1) is 42.5 Å². The van der Waals surface area contributed by atoms with Crippen LogP contribution in [0.4, 0.5) is 37.7 Å². The van der Waals surface area contributed by atoms with Crippen molar-refractivity contribution < 1.29 is 50.3 Å². The largest absolute Gasteiger partial charge is 0.416 e. The topological polar surface area (TPSA) is 128 Å². The molecule has 0 spiro atoms. The van der Waals surface area contributed by atoms with E-state index in [1.165, 1.54) is 15.9 Å². The Labute approximate surface area is 223 Å². The second-order valence-corrected chi connectivity index (χ2v) is 8.67. The normalized spacial score (nSPS) is 16.1. The quantitative estimate of drug-likeness (QED) is 0.254. The third-order valence-electron chi connectivity index (χ3n) is 5.83. The Hall–Kier alpha value is -3.92. The first kappa shape index (κ1) is 30.6. The zero-order valence-electron chi connectivity index (χ0n) is 20.8. The molecule has 2 heterocycles. The second kappa shape index (κ2) is 12.5. The van der Waals surface area contributed by atoms with Crippen molar-refractivity contribution in [2.24, 2.45) is 0 Å². The Kier molecular flexibility index (Phi) is 9.57. The number of nitrogens with zero attached hydrogens (tertiary/aromatic N) is 3. The van der Waals surface area contributed by atoms with E-state index in [2.05, 4.69) is 0 Å². The van der Waals surface area contributed by atoms with Crippen LogP contribution < -0.4 is 5.73 Å². The van der Waals surface area contributed by atoms with Crippen LogP contribution in [0.15, 0.2) is 36.4 Å². The van der Waals surface area contributed by atoms with Crippen LogP contribution in [0, 0.1) is 10.1 Å². The molecule has 4 rings (SSSR count). The van der Waals surface area contributed by atoms with Crippen LogP contribution in [0.25, 0.3) is 0 Å². The van der Waals surface area contributed by atoms with Gasteiger partial charge < -0.3 is 25.0 Å². The van der Waals surface area contributed by atoms with Crippen molar-refractivity contribution >= 4 is 23.2 Å². The van der Waals surface area contributed by atoms with E-state index in [9.17, 15) is 46.0 Å². The maximum absolute atomic E-state index is 12.7. The molecule has 2 amide bonds. The van der Waals surface area contributed by atoms with E-state index in [1.807, 2.05) is 0 Å². The molecule has 2 fully saturated rings. The summed E-state index contributed by atoms with van der Waals surface area (Å²) >= 11 is 0. The van der Waals surface area contributed by atoms with Gasteiger partial charge in [-0.15, -0.1) is 0 Å². The van der Waals surface area contributed by atoms with Gasteiger partial charge in [0.25, 0.3) is 17.5 Å². The van der Waals surface area contributed by atoms with Crippen molar-refractivity contribution in [1.82, 2.24) is 9.80 Å². The van der Waals surface area contributed by atoms with Gasteiger partial charge in [0.2, 0.25) is 0 Å². The van der Waals surface area contributed by atoms with Crippen LogP contribution >= 0.6 is 0 Å². The molecule has 2 N–H and O–H groups in total. The van der Waals surface area contributed by atoms with Crippen LogP contribution in [-0.4, -0.2) is 79.1 Å². The lowest BCUT2D eigenvalue weighted by Gasteiger charge is -2.27. The predicted octanol–water partition coefficient (Wildman–Crippen LogP) is 3.85. The Morgan fingerprint density at radius 3 is 1.52 bits per heavy atom. The number of nitrogen functional groups attached to an aromatic ring is 1. The van der Waals surface area contributed by atoms with E-state index < -0.39 is 45.9 Å². The van der Waals surface area contributed by atoms with Gasteiger partial charge in [0, 0.05) is 55.1 Å². The lowest BCUT2D eigenvalue weighted by molar-refractivity contribution is -0.385. The summed E-state index contributed by atoms with van der Waals surface area (Å²) in [5, 5.41) is 10.7. The predicted molar refractivity (Wildman–Crippen MR) is 127 cm³/mol. The highest BCUT2D eigenvalue weighted by atomic mass is 19.4. The van der Waals surface area contributed by atoms with Crippen LogP contribution in [0.2, 0.25) is 0 Å². The van der Waals surface area contributed by atoms with Crippen molar-refractivity contribution in [2.45, 2.75) is 12.4 Å². The first-order valence-corrected chi connectivity index (χ1v) is 11.8. The molecule has 0 radical (unpaired) electrons. The molecule has 2 aromatic carbocycles. The molecular formula is C24H24F6N4O6. The van der Waals surface area contributed by atoms with Gasteiger partial charge in [-0.3, -0.25) is 19.7 Å². The number of morpholine rings is 2. The SMILES string of the molecule is Nc1cc(C(=O)N2CCOCC2)cc(C(F)(F)F)c1.O=C(c1cc([N+](=O)[O-])cc(C(F)(F)F)c1)N1CCOCC1. The monoisotopic (exact) mass is 578 g/mol. The summed E-state index contributed by atoms with van der Waals surface area (Å²) in [6.45, 7) is 2.57. The van der Waals surface area contributed by atoms with Gasteiger partial charge in [0.1, 0.15) is 0 Å².